The number of nitrogens with zero attached hydrogens (tertiary/aromatic N) is 3. The van der Waals surface area contributed by atoms with Crippen LogP contribution < -0.4 is 4.90 Å². The average molecular weight is 408 g/mol. The molecule has 4 rings (SSSR count). The molecule has 1 atom stereocenters. The summed E-state index contributed by atoms with van der Waals surface area (Å²) < 4.78 is 0. The van der Waals surface area contributed by atoms with Crippen molar-refractivity contribution in [3.63, 3.8) is 0 Å². The highest BCUT2D eigenvalue weighted by Crippen LogP contribution is 2.43. The summed E-state index contributed by atoms with van der Waals surface area (Å²) in [5, 5.41) is 10.7. The number of allylic oxidation sites excluding steroid dienone is 1. The first-order valence-corrected chi connectivity index (χ1v) is 11.3. The molecule has 0 unspecified atom stereocenters. The minimum atomic E-state index is -0.155. The van der Waals surface area contributed by atoms with Gasteiger partial charge in [-0.25, -0.2) is 0 Å². The number of anilines is 1. The Bertz CT molecular complexity index is 961. The van der Waals surface area contributed by atoms with Crippen LogP contribution in [0.1, 0.15) is 23.5 Å². The number of fused-ring (bicyclic) bond motifs is 1. The molecule has 2 aliphatic heterocycles. The molecule has 6 heteroatoms. The number of benzene rings is 2. The SMILES string of the molecule is CSc1ccc([C@@H]2CC(=O)N3CN(c4ccc(C)cc4)CSC3=C2C#N)cc1. The molecule has 0 bridgehead atoms. The van der Waals surface area contributed by atoms with Gasteiger partial charge in [-0.05, 0) is 43.0 Å². The predicted octanol–water partition coefficient (Wildman–Crippen LogP) is 4.94. The summed E-state index contributed by atoms with van der Waals surface area (Å²) >= 11 is 3.27. The summed E-state index contributed by atoms with van der Waals surface area (Å²) in [6.07, 6.45) is 2.38. The number of carbonyl (C=O) groups is 1. The number of hydrogen-bond acceptors (Lipinski definition) is 5. The third-order valence-corrected chi connectivity index (χ3v) is 7.11. The number of thioether (sulfide) groups is 2. The predicted molar refractivity (Wildman–Crippen MR) is 116 cm³/mol. The summed E-state index contributed by atoms with van der Waals surface area (Å²) in [7, 11) is 0. The molecule has 0 aliphatic carbocycles. The zero-order valence-electron chi connectivity index (χ0n) is 15.9. The van der Waals surface area contributed by atoms with Crippen LogP contribution in [0.25, 0.3) is 0 Å². The zero-order chi connectivity index (χ0) is 19.7. The van der Waals surface area contributed by atoms with Crippen molar-refractivity contribution < 1.29 is 4.79 Å². The Kier molecular flexibility index (Phi) is 5.38. The Balaban J connectivity index is 1.63. The highest BCUT2D eigenvalue weighted by atomic mass is 32.2. The van der Waals surface area contributed by atoms with E-state index in [4.69, 9.17) is 0 Å². The van der Waals surface area contributed by atoms with Crippen molar-refractivity contribution in [2.45, 2.75) is 24.2 Å². The largest absolute Gasteiger partial charge is 0.344 e. The fourth-order valence-corrected chi connectivity index (χ4v) is 5.18. The molecule has 0 aromatic heterocycles. The zero-order valence-corrected chi connectivity index (χ0v) is 17.5. The highest BCUT2D eigenvalue weighted by molar-refractivity contribution is 8.03. The van der Waals surface area contributed by atoms with E-state index in [1.54, 1.807) is 28.4 Å². The van der Waals surface area contributed by atoms with Crippen LogP contribution in [-0.4, -0.2) is 29.6 Å². The van der Waals surface area contributed by atoms with Gasteiger partial charge in [-0.1, -0.05) is 41.6 Å². The number of rotatable bonds is 3. The van der Waals surface area contributed by atoms with Crippen molar-refractivity contribution in [3.05, 3.63) is 70.3 Å². The summed E-state index contributed by atoms with van der Waals surface area (Å²) in [6.45, 7) is 2.56. The number of carbonyl (C=O) groups excluding carboxylic acids is 1. The summed E-state index contributed by atoms with van der Waals surface area (Å²) in [4.78, 5) is 18.1. The molecule has 0 N–H and O–H groups in total. The maximum atomic E-state index is 13.0. The lowest BCUT2D eigenvalue weighted by Crippen LogP contribution is -2.47. The molecule has 1 amide bonds. The first-order chi connectivity index (χ1) is 13.6. The Hall–Kier alpha value is -2.36. The second kappa shape index (κ2) is 7.94. The number of hydrogen-bond donors (Lipinski definition) is 0. The molecule has 142 valence electrons. The maximum Gasteiger partial charge on any atom is 0.229 e. The van der Waals surface area contributed by atoms with E-state index in [-0.39, 0.29) is 11.8 Å². The normalized spacial score (nSPS) is 19.5. The Morgan fingerprint density at radius 3 is 2.50 bits per heavy atom. The molecular formula is C22H21N3OS2. The molecule has 2 heterocycles. The van der Waals surface area contributed by atoms with E-state index in [1.807, 2.05) is 18.4 Å². The van der Waals surface area contributed by atoms with Crippen molar-refractivity contribution in [3.8, 4) is 6.07 Å². The average Bonchev–Trinajstić information content (AvgIpc) is 2.74. The van der Waals surface area contributed by atoms with Gasteiger partial charge in [0.1, 0.15) is 0 Å². The fraction of sp³-hybridized carbons (Fsp3) is 0.273. The van der Waals surface area contributed by atoms with Gasteiger partial charge in [0.15, 0.2) is 0 Å². The summed E-state index contributed by atoms with van der Waals surface area (Å²) in [5.41, 5.74) is 4.06. The third kappa shape index (κ3) is 3.52. The molecular weight excluding hydrogens is 386 g/mol. The van der Waals surface area contributed by atoms with Crippen LogP contribution in [0.5, 0.6) is 0 Å². The minimum Gasteiger partial charge on any atom is -0.344 e. The highest BCUT2D eigenvalue weighted by Gasteiger charge is 2.38. The van der Waals surface area contributed by atoms with E-state index in [9.17, 15) is 10.1 Å². The topological polar surface area (TPSA) is 47.3 Å². The van der Waals surface area contributed by atoms with E-state index < -0.39 is 0 Å². The molecule has 2 aliphatic rings. The van der Waals surface area contributed by atoms with E-state index in [2.05, 4.69) is 54.3 Å². The van der Waals surface area contributed by atoms with E-state index in [0.717, 1.165) is 22.2 Å². The van der Waals surface area contributed by atoms with Gasteiger partial charge in [0.2, 0.25) is 5.91 Å². The van der Waals surface area contributed by atoms with Crippen molar-refractivity contribution in [1.82, 2.24) is 4.90 Å². The van der Waals surface area contributed by atoms with E-state index >= 15 is 0 Å². The minimum absolute atomic E-state index is 0.0808. The molecule has 2 aromatic rings. The molecule has 0 spiro atoms. The van der Waals surface area contributed by atoms with Crippen molar-refractivity contribution in [2.24, 2.45) is 0 Å². The monoisotopic (exact) mass is 407 g/mol. The fourth-order valence-electron chi connectivity index (χ4n) is 3.60. The molecule has 2 aromatic carbocycles. The van der Waals surface area contributed by atoms with Gasteiger partial charge < -0.3 is 4.90 Å². The number of nitriles is 1. The van der Waals surface area contributed by atoms with E-state index in [1.165, 1.54) is 10.5 Å². The van der Waals surface area contributed by atoms with Crippen LogP contribution in [0.4, 0.5) is 5.69 Å². The first-order valence-electron chi connectivity index (χ1n) is 9.13. The molecule has 28 heavy (non-hydrogen) atoms. The lowest BCUT2D eigenvalue weighted by molar-refractivity contribution is -0.129. The van der Waals surface area contributed by atoms with Gasteiger partial charge in [-0.3, -0.25) is 9.69 Å². The first kappa shape index (κ1) is 19.0. The van der Waals surface area contributed by atoms with Crippen molar-refractivity contribution >= 4 is 35.1 Å². The van der Waals surface area contributed by atoms with Crippen LogP contribution in [0.3, 0.4) is 0 Å². The quantitative estimate of drug-likeness (QED) is 0.675. The molecule has 1 fully saturated rings. The van der Waals surface area contributed by atoms with Gasteiger partial charge in [0, 0.05) is 22.9 Å². The van der Waals surface area contributed by atoms with Crippen LogP contribution in [0.15, 0.2) is 64.0 Å². The van der Waals surface area contributed by atoms with Crippen LogP contribution in [0.2, 0.25) is 0 Å². The second-order valence-electron chi connectivity index (χ2n) is 6.97. The van der Waals surface area contributed by atoms with Crippen LogP contribution in [-0.2, 0) is 4.79 Å². The Morgan fingerprint density at radius 2 is 1.86 bits per heavy atom. The molecule has 1 saturated heterocycles. The lowest BCUT2D eigenvalue weighted by atomic mass is 9.86. The molecule has 0 saturated carbocycles. The standard InChI is InChI=1S/C22H21N3OS2/c1-15-3-7-17(8-4-15)24-13-25-21(26)11-19(20(12-23)22(25)28-14-24)16-5-9-18(27-2)10-6-16/h3-10,19H,11,13-14H2,1-2H3/t19-/m0/s1. The smallest absolute Gasteiger partial charge is 0.229 e. The summed E-state index contributed by atoms with van der Waals surface area (Å²) in [5.74, 6) is 0.654. The second-order valence-corrected chi connectivity index (χ2v) is 8.79. The van der Waals surface area contributed by atoms with Crippen molar-refractivity contribution in [2.75, 3.05) is 23.7 Å². The number of aryl methyl sites for hydroxylation is 1. The van der Waals surface area contributed by atoms with Crippen LogP contribution >= 0.6 is 23.5 Å². The maximum absolute atomic E-state index is 13.0. The Morgan fingerprint density at radius 1 is 1.14 bits per heavy atom. The molecule has 0 radical (unpaired) electrons. The van der Waals surface area contributed by atoms with Gasteiger partial charge in [-0.15, -0.1) is 11.8 Å². The third-order valence-electron chi connectivity index (χ3n) is 5.21. The van der Waals surface area contributed by atoms with Gasteiger partial charge in [0.05, 0.1) is 29.2 Å². The Labute approximate surface area is 174 Å². The lowest BCUT2D eigenvalue weighted by Gasteiger charge is -2.42. The van der Waals surface area contributed by atoms with Gasteiger partial charge >= 0.3 is 0 Å². The summed E-state index contributed by atoms with van der Waals surface area (Å²) in [6, 6.07) is 18.9. The van der Waals surface area contributed by atoms with Gasteiger partial charge in [0.25, 0.3) is 0 Å². The van der Waals surface area contributed by atoms with Gasteiger partial charge in [-0.2, -0.15) is 5.26 Å². The van der Waals surface area contributed by atoms with Crippen LogP contribution in [0, 0.1) is 18.3 Å². The van der Waals surface area contributed by atoms with Crippen molar-refractivity contribution in [1.29, 1.82) is 5.26 Å². The molecule has 4 nitrogen and oxygen atoms in total. The van der Waals surface area contributed by atoms with E-state index in [0.29, 0.717) is 18.7 Å². The number of amides is 1.